The number of carbonyl (C=O) groups excluding carboxylic acids is 1. The Morgan fingerprint density at radius 1 is 1.14 bits per heavy atom. The molecule has 0 unspecified atom stereocenters. The molecular formula is C19H16N2O4S4. The van der Waals surface area contributed by atoms with Crippen molar-refractivity contribution >= 4 is 61.3 Å². The summed E-state index contributed by atoms with van der Waals surface area (Å²) in [5.74, 6) is 0.543. The molecular weight excluding hydrogens is 448 g/mol. The number of nitrogens with one attached hydrogen (secondary N) is 1. The zero-order valence-corrected chi connectivity index (χ0v) is 18.2. The molecule has 0 saturated heterocycles. The van der Waals surface area contributed by atoms with Gasteiger partial charge in [0.05, 0.1) is 10.8 Å². The van der Waals surface area contributed by atoms with Gasteiger partial charge in [-0.2, -0.15) is 0 Å². The molecule has 4 rings (SSSR count). The van der Waals surface area contributed by atoms with Gasteiger partial charge in [0, 0.05) is 21.6 Å². The van der Waals surface area contributed by atoms with Crippen LogP contribution in [0.15, 0.2) is 66.7 Å². The SMILES string of the molecule is NS(=O)(=O)c1ccc(CNC(=O)c2oc3ccccc3c2CSc2cccs2)s1. The molecule has 0 aliphatic heterocycles. The standard InChI is InChI=1S/C19H16N2O4S4/c20-29(23,24)17-8-7-12(28-17)10-21-19(22)18-14(11-27-16-6-3-9-26-16)13-4-1-2-5-15(13)25-18/h1-9H,10-11H2,(H,21,22)(H2,20,23,24). The molecule has 3 aromatic heterocycles. The van der Waals surface area contributed by atoms with Crippen molar-refractivity contribution in [1.82, 2.24) is 5.32 Å². The largest absolute Gasteiger partial charge is 0.451 e. The summed E-state index contributed by atoms with van der Waals surface area (Å²) >= 11 is 4.34. The van der Waals surface area contributed by atoms with Gasteiger partial charge < -0.3 is 9.73 Å². The summed E-state index contributed by atoms with van der Waals surface area (Å²) in [5.41, 5.74) is 1.50. The minimum absolute atomic E-state index is 0.0681. The van der Waals surface area contributed by atoms with E-state index in [1.54, 1.807) is 29.2 Å². The first-order valence-corrected chi connectivity index (χ1v) is 12.7. The number of fused-ring (bicyclic) bond motifs is 1. The van der Waals surface area contributed by atoms with E-state index < -0.39 is 10.0 Å². The van der Waals surface area contributed by atoms with Crippen molar-refractivity contribution in [3.63, 3.8) is 0 Å². The second-order valence-corrected chi connectivity index (χ2v) is 11.3. The van der Waals surface area contributed by atoms with Crippen LogP contribution in [0.25, 0.3) is 11.0 Å². The Kier molecular flexibility index (Phi) is 5.79. The monoisotopic (exact) mass is 464 g/mol. The molecule has 0 fully saturated rings. The quantitative estimate of drug-likeness (QED) is 0.394. The molecule has 3 N–H and O–H groups in total. The first-order valence-electron chi connectivity index (χ1n) is 8.48. The molecule has 1 aromatic carbocycles. The topological polar surface area (TPSA) is 102 Å². The summed E-state index contributed by atoms with van der Waals surface area (Å²) in [7, 11) is -3.74. The second-order valence-electron chi connectivity index (χ2n) is 6.08. The van der Waals surface area contributed by atoms with Crippen LogP contribution < -0.4 is 10.5 Å². The van der Waals surface area contributed by atoms with Crippen LogP contribution >= 0.6 is 34.4 Å². The van der Waals surface area contributed by atoms with Crippen LogP contribution in [0.2, 0.25) is 0 Å². The lowest BCUT2D eigenvalue weighted by molar-refractivity contribution is 0.0924. The van der Waals surface area contributed by atoms with E-state index in [0.29, 0.717) is 16.2 Å². The zero-order valence-electron chi connectivity index (χ0n) is 15.0. The number of hydrogen-bond donors (Lipinski definition) is 2. The van der Waals surface area contributed by atoms with E-state index in [2.05, 4.69) is 5.32 Å². The summed E-state index contributed by atoms with van der Waals surface area (Å²) in [5, 5.41) is 10.9. The molecule has 10 heteroatoms. The Morgan fingerprint density at radius 2 is 1.97 bits per heavy atom. The highest BCUT2D eigenvalue weighted by molar-refractivity contribution is 8.00. The molecule has 4 aromatic rings. The van der Waals surface area contributed by atoms with Crippen LogP contribution in [0.1, 0.15) is 21.0 Å². The zero-order chi connectivity index (χ0) is 20.4. The van der Waals surface area contributed by atoms with Crippen molar-refractivity contribution in [3.05, 3.63) is 70.1 Å². The number of para-hydroxylation sites is 1. The fraction of sp³-hybridized carbons (Fsp3) is 0.105. The van der Waals surface area contributed by atoms with Crippen molar-refractivity contribution < 1.29 is 17.6 Å². The van der Waals surface area contributed by atoms with Gasteiger partial charge in [0.2, 0.25) is 10.0 Å². The van der Waals surface area contributed by atoms with Gasteiger partial charge in [0.25, 0.3) is 5.91 Å². The van der Waals surface area contributed by atoms with Gasteiger partial charge in [-0.1, -0.05) is 24.3 Å². The van der Waals surface area contributed by atoms with Crippen LogP contribution in [-0.2, 0) is 22.3 Å². The Hall–Kier alpha value is -2.11. The summed E-state index contributed by atoms with van der Waals surface area (Å²) < 4.78 is 29.9. The van der Waals surface area contributed by atoms with Crippen LogP contribution in [-0.4, -0.2) is 14.3 Å². The molecule has 3 heterocycles. The lowest BCUT2D eigenvalue weighted by Crippen LogP contribution is -2.22. The highest BCUT2D eigenvalue weighted by Gasteiger charge is 2.21. The van der Waals surface area contributed by atoms with Crippen molar-refractivity contribution in [1.29, 1.82) is 0 Å². The molecule has 0 radical (unpaired) electrons. The minimum atomic E-state index is -3.74. The highest BCUT2D eigenvalue weighted by atomic mass is 32.2. The third-order valence-electron chi connectivity index (χ3n) is 4.10. The number of thioether (sulfide) groups is 1. The normalized spacial score (nSPS) is 11.8. The van der Waals surface area contributed by atoms with Gasteiger partial charge in [0.1, 0.15) is 9.79 Å². The Bertz CT molecular complexity index is 1260. The fourth-order valence-electron chi connectivity index (χ4n) is 2.77. The lowest BCUT2D eigenvalue weighted by atomic mass is 10.1. The fourth-order valence-corrected chi connectivity index (χ4v) is 6.30. The van der Waals surface area contributed by atoms with Crippen LogP contribution in [0.4, 0.5) is 0 Å². The number of hydrogen-bond acceptors (Lipinski definition) is 7. The highest BCUT2D eigenvalue weighted by Crippen LogP contribution is 2.33. The molecule has 0 aliphatic rings. The van der Waals surface area contributed by atoms with Crippen molar-refractivity contribution in [2.75, 3.05) is 0 Å². The molecule has 0 aliphatic carbocycles. The molecule has 0 spiro atoms. The first kappa shape index (κ1) is 20.2. The maximum absolute atomic E-state index is 12.8. The molecule has 29 heavy (non-hydrogen) atoms. The number of primary sulfonamides is 1. The van der Waals surface area contributed by atoms with E-state index in [9.17, 15) is 13.2 Å². The van der Waals surface area contributed by atoms with E-state index >= 15 is 0 Å². The number of amides is 1. The Balaban J connectivity index is 1.55. The molecule has 0 saturated carbocycles. The maximum Gasteiger partial charge on any atom is 0.287 e. The van der Waals surface area contributed by atoms with Crippen LogP contribution in [0.3, 0.4) is 0 Å². The molecule has 0 atom stereocenters. The predicted molar refractivity (Wildman–Crippen MR) is 117 cm³/mol. The molecule has 150 valence electrons. The second kappa shape index (κ2) is 8.33. The summed E-state index contributed by atoms with van der Waals surface area (Å²) in [4.78, 5) is 13.5. The third-order valence-corrected chi connectivity index (χ3v) is 8.78. The summed E-state index contributed by atoms with van der Waals surface area (Å²) in [6, 6.07) is 14.7. The number of nitrogens with two attached hydrogens (primary N) is 1. The van der Waals surface area contributed by atoms with Crippen molar-refractivity contribution in [2.24, 2.45) is 5.14 Å². The van der Waals surface area contributed by atoms with Gasteiger partial charge in [-0.05, 0) is 29.6 Å². The number of rotatable bonds is 7. The van der Waals surface area contributed by atoms with Crippen molar-refractivity contribution in [3.8, 4) is 0 Å². The van der Waals surface area contributed by atoms with E-state index in [4.69, 9.17) is 9.56 Å². The number of furan rings is 1. The van der Waals surface area contributed by atoms with Gasteiger partial charge in [-0.15, -0.1) is 34.4 Å². The van der Waals surface area contributed by atoms with Gasteiger partial charge >= 0.3 is 0 Å². The number of carbonyl (C=O) groups is 1. The van der Waals surface area contributed by atoms with Gasteiger partial charge in [0.15, 0.2) is 5.76 Å². The predicted octanol–water partition coefficient (Wildman–Crippen LogP) is 4.43. The summed E-state index contributed by atoms with van der Waals surface area (Å²) in [6.07, 6.45) is 0. The van der Waals surface area contributed by atoms with E-state index in [1.807, 2.05) is 41.8 Å². The van der Waals surface area contributed by atoms with Crippen LogP contribution in [0, 0.1) is 0 Å². The molecule has 0 bridgehead atoms. The summed E-state index contributed by atoms with van der Waals surface area (Å²) in [6.45, 7) is 0.188. The number of thiophene rings is 2. The Morgan fingerprint density at radius 3 is 2.69 bits per heavy atom. The third kappa shape index (κ3) is 4.57. The molecule has 1 amide bonds. The smallest absolute Gasteiger partial charge is 0.287 e. The number of sulfonamides is 1. The van der Waals surface area contributed by atoms with Crippen molar-refractivity contribution in [2.45, 2.75) is 20.7 Å². The first-order chi connectivity index (χ1) is 13.9. The maximum atomic E-state index is 12.8. The minimum Gasteiger partial charge on any atom is -0.451 e. The van der Waals surface area contributed by atoms with Gasteiger partial charge in [-0.3, -0.25) is 4.79 Å². The average Bonchev–Trinajstić information content (AvgIpc) is 3.43. The molecule has 6 nitrogen and oxygen atoms in total. The van der Waals surface area contributed by atoms with Gasteiger partial charge in [-0.25, -0.2) is 13.6 Å². The van der Waals surface area contributed by atoms with E-state index in [1.165, 1.54) is 6.07 Å². The van der Waals surface area contributed by atoms with E-state index in [0.717, 1.165) is 26.5 Å². The van der Waals surface area contributed by atoms with Crippen LogP contribution in [0.5, 0.6) is 0 Å². The number of benzene rings is 1. The average molecular weight is 465 g/mol. The Labute approximate surface area is 179 Å². The van der Waals surface area contributed by atoms with E-state index in [-0.39, 0.29) is 22.4 Å². The lowest BCUT2D eigenvalue weighted by Gasteiger charge is -2.04.